The van der Waals surface area contributed by atoms with E-state index in [0.717, 1.165) is 9.47 Å². The van der Waals surface area contributed by atoms with Crippen LogP contribution in [0.15, 0.2) is 39.9 Å². The van der Waals surface area contributed by atoms with Gasteiger partial charge in [0.25, 0.3) is 5.56 Å². The van der Waals surface area contributed by atoms with Crippen LogP contribution in [0.25, 0.3) is 0 Å². The lowest BCUT2D eigenvalue weighted by Crippen LogP contribution is -2.38. The van der Waals surface area contributed by atoms with Crippen LogP contribution in [0.4, 0.5) is 33.5 Å². The van der Waals surface area contributed by atoms with Gasteiger partial charge in [0, 0.05) is 18.7 Å². The first-order valence-corrected chi connectivity index (χ1v) is 9.09. The van der Waals surface area contributed by atoms with E-state index >= 15 is 0 Å². The van der Waals surface area contributed by atoms with Crippen LogP contribution in [0.5, 0.6) is 0 Å². The zero-order valence-electron chi connectivity index (χ0n) is 16.2. The van der Waals surface area contributed by atoms with Gasteiger partial charge in [-0.15, -0.1) is 0 Å². The monoisotopic (exact) mass is 440 g/mol. The van der Waals surface area contributed by atoms with Crippen LogP contribution in [-0.4, -0.2) is 16.1 Å². The molecule has 3 aromatic rings. The molecule has 0 saturated carbocycles. The Morgan fingerprint density at radius 1 is 0.935 bits per heavy atom. The Morgan fingerprint density at radius 2 is 1.48 bits per heavy atom. The fourth-order valence-corrected chi connectivity index (χ4v) is 3.13. The number of nitrogens with two attached hydrogens (primary N) is 1. The van der Waals surface area contributed by atoms with Gasteiger partial charge in [0.05, 0.1) is 6.54 Å². The Morgan fingerprint density at radius 3 is 2.03 bits per heavy atom. The smallest absolute Gasteiger partial charge is 0.330 e. The summed E-state index contributed by atoms with van der Waals surface area (Å²) in [6.45, 7) is 0.530. The molecule has 3 rings (SSSR count). The Kier molecular flexibility index (Phi) is 6.14. The van der Waals surface area contributed by atoms with E-state index < -0.39 is 52.4 Å². The molecule has 31 heavy (non-hydrogen) atoms. The van der Waals surface area contributed by atoms with Crippen molar-refractivity contribution < 1.29 is 22.0 Å². The molecule has 11 heteroatoms. The Hall–Kier alpha value is -3.63. The van der Waals surface area contributed by atoms with E-state index in [1.165, 1.54) is 6.92 Å². The van der Waals surface area contributed by atoms with Crippen LogP contribution >= 0.6 is 0 Å². The van der Waals surface area contributed by atoms with E-state index in [1.54, 1.807) is 30.3 Å². The highest BCUT2D eigenvalue weighted by molar-refractivity contribution is 5.62. The van der Waals surface area contributed by atoms with Gasteiger partial charge in [-0.2, -0.15) is 0 Å². The van der Waals surface area contributed by atoms with E-state index in [-0.39, 0.29) is 24.6 Å². The van der Waals surface area contributed by atoms with Crippen molar-refractivity contribution in [2.75, 3.05) is 17.2 Å². The molecule has 3 N–H and O–H groups in total. The molecule has 0 saturated heterocycles. The van der Waals surface area contributed by atoms with Gasteiger partial charge in [-0.25, -0.2) is 26.7 Å². The molecule has 0 aliphatic heterocycles. The predicted octanol–water partition coefficient (Wildman–Crippen LogP) is 2.89. The lowest BCUT2D eigenvalue weighted by atomic mass is 10.1. The van der Waals surface area contributed by atoms with Crippen LogP contribution < -0.4 is 21.9 Å². The van der Waals surface area contributed by atoms with Gasteiger partial charge in [0.1, 0.15) is 11.5 Å². The minimum Gasteiger partial charge on any atom is -0.383 e. The van der Waals surface area contributed by atoms with E-state index in [9.17, 15) is 31.5 Å². The molecular weight excluding hydrogens is 423 g/mol. The predicted molar refractivity (Wildman–Crippen MR) is 104 cm³/mol. The van der Waals surface area contributed by atoms with Crippen LogP contribution in [0.2, 0.25) is 0 Å². The number of aromatic nitrogens is 2. The normalized spacial score (nSPS) is 11.0. The van der Waals surface area contributed by atoms with Gasteiger partial charge in [0.2, 0.25) is 5.82 Å². The Bertz CT molecular complexity index is 1210. The van der Waals surface area contributed by atoms with E-state index in [4.69, 9.17) is 5.73 Å². The van der Waals surface area contributed by atoms with Crippen molar-refractivity contribution >= 4 is 11.5 Å². The first-order valence-electron chi connectivity index (χ1n) is 9.09. The van der Waals surface area contributed by atoms with Crippen molar-refractivity contribution in [1.82, 2.24) is 9.55 Å². The zero-order chi connectivity index (χ0) is 22.9. The van der Waals surface area contributed by atoms with Gasteiger partial charge < -0.3 is 10.6 Å². The average Bonchev–Trinajstić information content (AvgIpc) is 2.76. The summed E-state index contributed by atoms with van der Waals surface area (Å²) >= 11 is 0. The standard InChI is InChI=1S/C20H17F5N4O2/c1-2-28(9-11-12(21)14(23)16(25)15(24)13(11)22)17-18(26)29(20(31)27-19(17)30)8-10-6-4-3-5-7-10/h3-7H,2,8-9,26H2,1H3,(H,27,30,31). The molecule has 164 valence electrons. The van der Waals surface area contributed by atoms with Gasteiger partial charge in [-0.05, 0) is 12.5 Å². The average molecular weight is 440 g/mol. The number of aromatic amines is 1. The minimum absolute atomic E-state index is 0.0185. The molecule has 1 heterocycles. The summed E-state index contributed by atoms with van der Waals surface area (Å²) in [6.07, 6.45) is 0. The van der Waals surface area contributed by atoms with Crippen molar-refractivity contribution in [3.05, 3.63) is 91.4 Å². The number of benzene rings is 2. The van der Waals surface area contributed by atoms with E-state index in [0.29, 0.717) is 5.56 Å². The third-order valence-corrected chi connectivity index (χ3v) is 4.75. The highest BCUT2D eigenvalue weighted by Gasteiger charge is 2.28. The second kappa shape index (κ2) is 8.62. The third kappa shape index (κ3) is 4.03. The molecule has 0 aliphatic carbocycles. The Balaban J connectivity index is 2.10. The largest absolute Gasteiger partial charge is 0.383 e. The summed E-state index contributed by atoms with van der Waals surface area (Å²) in [5, 5.41) is 0. The summed E-state index contributed by atoms with van der Waals surface area (Å²) in [7, 11) is 0. The first kappa shape index (κ1) is 22.1. The maximum absolute atomic E-state index is 14.1. The first-order chi connectivity index (χ1) is 14.7. The highest BCUT2D eigenvalue weighted by Crippen LogP contribution is 2.26. The molecule has 0 radical (unpaired) electrons. The minimum atomic E-state index is -2.28. The van der Waals surface area contributed by atoms with Gasteiger partial charge in [0.15, 0.2) is 23.3 Å². The zero-order valence-corrected chi connectivity index (χ0v) is 16.2. The van der Waals surface area contributed by atoms with E-state index in [2.05, 4.69) is 4.98 Å². The number of hydrogen-bond donors (Lipinski definition) is 2. The summed E-state index contributed by atoms with van der Waals surface area (Å²) in [5.41, 5.74) is 3.47. The number of H-pyrrole nitrogens is 1. The fraction of sp³-hybridized carbons (Fsp3) is 0.200. The van der Waals surface area contributed by atoms with E-state index in [1.807, 2.05) is 0 Å². The number of nitrogens with one attached hydrogen (secondary N) is 1. The van der Waals surface area contributed by atoms with Crippen molar-refractivity contribution in [2.24, 2.45) is 0 Å². The molecule has 1 aromatic heterocycles. The maximum atomic E-state index is 14.1. The molecular formula is C20H17F5N4O2. The van der Waals surface area contributed by atoms with Crippen LogP contribution in [0.3, 0.4) is 0 Å². The molecule has 6 nitrogen and oxygen atoms in total. The molecule has 0 unspecified atom stereocenters. The molecule has 0 atom stereocenters. The summed E-state index contributed by atoms with van der Waals surface area (Å²) in [6, 6.07) is 8.64. The number of halogens is 5. The molecule has 2 aromatic carbocycles. The second-order valence-electron chi connectivity index (χ2n) is 6.63. The fourth-order valence-electron chi connectivity index (χ4n) is 3.13. The molecule has 0 spiro atoms. The number of hydrogen-bond acceptors (Lipinski definition) is 4. The van der Waals surface area contributed by atoms with Gasteiger partial charge in [-0.1, -0.05) is 30.3 Å². The van der Waals surface area contributed by atoms with Crippen LogP contribution in [0.1, 0.15) is 18.1 Å². The van der Waals surface area contributed by atoms with Crippen molar-refractivity contribution in [1.29, 1.82) is 0 Å². The van der Waals surface area contributed by atoms with Crippen LogP contribution in [0, 0.1) is 29.1 Å². The number of nitrogens with zero attached hydrogens (tertiary/aromatic N) is 2. The van der Waals surface area contributed by atoms with Crippen LogP contribution in [-0.2, 0) is 13.1 Å². The Labute approximate surface area is 172 Å². The number of nitrogen functional groups attached to an aromatic ring is 1. The molecule has 0 bridgehead atoms. The molecule has 0 fully saturated rings. The van der Waals surface area contributed by atoms with Gasteiger partial charge in [-0.3, -0.25) is 14.3 Å². The second-order valence-corrected chi connectivity index (χ2v) is 6.63. The highest BCUT2D eigenvalue weighted by atomic mass is 19.2. The van der Waals surface area contributed by atoms with Crippen molar-refractivity contribution in [2.45, 2.75) is 20.0 Å². The molecule has 0 amide bonds. The van der Waals surface area contributed by atoms with Crippen molar-refractivity contribution in [3.63, 3.8) is 0 Å². The lowest BCUT2D eigenvalue weighted by molar-refractivity contribution is 0.369. The lowest BCUT2D eigenvalue weighted by Gasteiger charge is -2.25. The molecule has 0 aliphatic rings. The quantitative estimate of drug-likeness (QED) is 0.351. The summed E-state index contributed by atoms with van der Waals surface area (Å²) in [4.78, 5) is 27.8. The maximum Gasteiger partial charge on any atom is 0.330 e. The summed E-state index contributed by atoms with van der Waals surface area (Å²) in [5.74, 6) is -10.8. The third-order valence-electron chi connectivity index (χ3n) is 4.75. The number of anilines is 2. The van der Waals surface area contributed by atoms with Crippen molar-refractivity contribution in [3.8, 4) is 0 Å². The SMILES string of the molecule is CCN(Cc1c(F)c(F)c(F)c(F)c1F)c1c(N)n(Cc2ccccc2)c(=O)[nH]c1=O. The topological polar surface area (TPSA) is 84.1 Å². The number of rotatable bonds is 6. The van der Waals surface area contributed by atoms with Gasteiger partial charge >= 0.3 is 5.69 Å². The summed E-state index contributed by atoms with van der Waals surface area (Å²) < 4.78 is 69.7.